The molecule has 0 spiro atoms. The molecule has 1 atom stereocenters. The first-order valence-corrected chi connectivity index (χ1v) is 8.55. The zero-order chi connectivity index (χ0) is 16.5. The lowest BCUT2D eigenvalue weighted by Crippen LogP contribution is -2.39. The molecule has 1 fully saturated rings. The second-order valence-electron chi connectivity index (χ2n) is 6.60. The van der Waals surface area contributed by atoms with E-state index in [1.807, 2.05) is 34.1 Å². The van der Waals surface area contributed by atoms with Gasteiger partial charge in [-0.3, -0.25) is 9.48 Å². The van der Waals surface area contributed by atoms with Crippen LogP contribution in [0.4, 0.5) is 0 Å². The molecule has 3 aromatic rings. The van der Waals surface area contributed by atoms with E-state index in [-0.39, 0.29) is 11.9 Å². The van der Waals surface area contributed by atoms with Crippen LogP contribution in [0.2, 0.25) is 0 Å². The number of aryl methyl sites for hydroxylation is 1. The maximum atomic E-state index is 12.9. The highest BCUT2D eigenvalue weighted by Gasteiger charge is 2.29. The van der Waals surface area contributed by atoms with Crippen molar-refractivity contribution in [1.82, 2.24) is 19.7 Å². The van der Waals surface area contributed by atoms with E-state index in [9.17, 15) is 4.79 Å². The molecule has 1 N–H and O–H groups in total. The van der Waals surface area contributed by atoms with E-state index >= 15 is 0 Å². The van der Waals surface area contributed by atoms with Gasteiger partial charge in [-0.25, -0.2) is 0 Å². The third kappa shape index (κ3) is 2.70. The number of H-pyrrole nitrogens is 1. The van der Waals surface area contributed by atoms with Crippen LogP contribution in [0, 0.1) is 6.92 Å². The summed E-state index contributed by atoms with van der Waals surface area (Å²) in [5.41, 5.74) is 3.41. The fourth-order valence-electron chi connectivity index (χ4n) is 3.83. The van der Waals surface area contributed by atoms with Gasteiger partial charge in [0.2, 0.25) is 5.91 Å². The van der Waals surface area contributed by atoms with Gasteiger partial charge in [-0.05, 0) is 43.0 Å². The predicted octanol–water partition coefficient (Wildman–Crippen LogP) is 2.91. The van der Waals surface area contributed by atoms with Gasteiger partial charge in [0.1, 0.15) is 0 Å². The molecule has 0 saturated carbocycles. The van der Waals surface area contributed by atoms with Crippen LogP contribution in [0.1, 0.15) is 24.0 Å². The van der Waals surface area contributed by atoms with Crippen molar-refractivity contribution in [2.45, 2.75) is 38.8 Å². The maximum absolute atomic E-state index is 12.9. The predicted molar refractivity (Wildman–Crippen MR) is 93.7 cm³/mol. The molecule has 3 heterocycles. The van der Waals surface area contributed by atoms with Gasteiger partial charge in [0, 0.05) is 36.0 Å². The zero-order valence-electron chi connectivity index (χ0n) is 13.9. The van der Waals surface area contributed by atoms with E-state index in [4.69, 9.17) is 0 Å². The molecule has 1 saturated heterocycles. The van der Waals surface area contributed by atoms with Crippen molar-refractivity contribution in [2.24, 2.45) is 0 Å². The minimum absolute atomic E-state index is 0.216. The highest BCUT2D eigenvalue weighted by atomic mass is 16.2. The SMILES string of the molecule is Cc1cccc2[nH]cc(CC(=O)N3CCC[C@H]3Cn3cccn3)c12. The number of nitrogens with zero attached hydrogens (tertiary/aromatic N) is 3. The van der Waals surface area contributed by atoms with Gasteiger partial charge in [-0.15, -0.1) is 0 Å². The molecule has 1 aromatic carbocycles. The van der Waals surface area contributed by atoms with E-state index in [0.29, 0.717) is 6.42 Å². The van der Waals surface area contributed by atoms with Gasteiger partial charge in [-0.2, -0.15) is 5.10 Å². The van der Waals surface area contributed by atoms with Crippen molar-refractivity contribution < 1.29 is 4.79 Å². The third-order valence-electron chi connectivity index (χ3n) is 4.99. The Morgan fingerprint density at radius 2 is 2.29 bits per heavy atom. The van der Waals surface area contributed by atoms with Crippen LogP contribution in [-0.2, 0) is 17.8 Å². The van der Waals surface area contributed by atoms with E-state index in [0.717, 1.165) is 37.0 Å². The minimum Gasteiger partial charge on any atom is -0.361 e. The van der Waals surface area contributed by atoms with Gasteiger partial charge in [0.25, 0.3) is 0 Å². The van der Waals surface area contributed by atoms with E-state index in [1.165, 1.54) is 10.9 Å². The summed E-state index contributed by atoms with van der Waals surface area (Å²) in [4.78, 5) is 18.2. The smallest absolute Gasteiger partial charge is 0.227 e. The van der Waals surface area contributed by atoms with Gasteiger partial charge in [-0.1, -0.05) is 12.1 Å². The van der Waals surface area contributed by atoms with Gasteiger partial charge >= 0.3 is 0 Å². The average Bonchev–Trinajstić information content (AvgIpc) is 3.29. The Bertz CT molecular complexity index is 850. The monoisotopic (exact) mass is 322 g/mol. The molecule has 2 aromatic heterocycles. The second kappa shape index (κ2) is 6.15. The highest BCUT2D eigenvalue weighted by Crippen LogP contribution is 2.25. The Balaban J connectivity index is 1.52. The number of carbonyl (C=O) groups is 1. The number of aromatic amines is 1. The number of aromatic nitrogens is 3. The lowest BCUT2D eigenvalue weighted by Gasteiger charge is -2.24. The van der Waals surface area contributed by atoms with E-state index in [1.54, 1.807) is 6.20 Å². The molecule has 5 nitrogen and oxygen atoms in total. The third-order valence-corrected chi connectivity index (χ3v) is 4.99. The lowest BCUT2D eigenvalue weighted by molar-refractivity contribution is -0.131. The Morgan fingerprint density at radius 3 is 3.12 bits per heavy atom. The highest BCUT2D eigenvalue weighted by molar-refractivity contribution is 5.91. The van der Waals surface area contributed by atoms with Crippen molar-refractivity contribution in [2.75, 3.05) is 6.54 Å². The molecule has 0 unspecified atom stereocenters. The number of fused-ring (bicyclic) bond motifs is 1. The van der Waals surface area contributed by atoms with Crippen LogP contribution in [-0.4, -0.2) is 38.2 Å². The van der Waals surface area contributed by atoms with E-state index in [2.05, 4.69) is 29.1 Å². The fraction of sp³-hybridized carbons (Fsp3) is 0.368. The zero-order valence-corrected chi connectivity index (χ0v) is 13.9. The van der Waals surface area contributed by atoms with Crippen molar-refractivity contribution in [3.05, 3.63) is 54.0 Å². The molecular weight excluding hydrogens is 300 g/mol. The number of likely N-dealkylation sites (tertiary alicyclic amines) is 1. The summed E-state index contributed by atoms with van der Waals surface area (Å²) in [7, 11) is 0. The summed E-state index contributed by atoms with van der Waals surface area (Å²) in [6, 6.07) is 8.38. The van der Waals surface area contributed by atoms with Crippen LogP contribution in [0.5, 0.6) is 0 Å². The summed E-state index contributed by atoms with van der Waals surface area (Å²) in [5.74, 6) is 0.216. The molecule has 1 aliphatic heterocycles. The van der Waals surface area contributed by atoms with Gasteiger partial charge < -0.3 is 9.88 Å². The van der Waals surface area contributed by atoms with Gasteiger partial charge in [0.15, 0.2) is 0 Å². The standard InChI is InChI=1S/C19H22N4O/c1-14-5-2-7-17-19(14)15(12-20-17)11-18(24)23-10-3-6-16(23)13-22-9-4-8-21-22/h2,4-5,7-9,12,16,20H,3,6,10-11,13H2,1H3/t16-/m0/s1. The summed E-state index contributed by atoms with van der Waals surface area (Å²) >= 11 is 0. The number of benzene rings is 1. The molecule has 1 amide bonds. The first-order chi connectivity index (χ1) is 11.7. The molecule has 0 bridgehead atoms. The first-order valence-electron chi connectivity index (χ1n) is 8.55. The molecule has 1 aliphatic rings. The topological polar surface area (TPSA) is 53.9 Å². The van der Waals surface area contributed by atoms with E-state index < -0.39 is 0 Å². The molecular formula is C19H22N4O. The second-order valence-corrected chi connectivity index (χ2v) is 6.60. The Hall–Kier alpha value is -2.56. The number of carbonyl (C=O) groups excluding carboxylic acids is 1. The summed E-state index contributed by atoms with van der Waals surface area (Å²) in [6.07, 6.45) is 8.32. The van der Waals surface area contributed by atoms with Crippen LogP contribution < -0.4 is 0 Å². The Labute approximate surface area is 141 Å². The number of rotatable bonds is 4. The normalized spacial score (nSPS) is 17.7. The van der Waals surface area contributed by atoms with Crippen LogP contribution >= 0.6 is 0 Å². The average molecular weight is 322 g/mol. The van der Waals surface area contributed by atoms with Crippen molar-refractivity contribution in [3.63, 3.8) is 0 Å². The van der Waals surface area contributed by atoms with Crippen molar-refractivity contribution >= 4 is 16.8 Å². The summed E-state index contributed by atoms with van der Waals surface area (Å²) in [6.45, 7) is 3.73. The van der Waals surface area contributed by atoms with Crippen molar-refractivity contribution in [3.8, 4) is 0 Å². The quantitative estimate of drug-likeness (QED) is 0.803. The Kier molecular flexibility index (Phi) is 3.84. The minimum atomic E-state index is 0.216. The lowest BCUT2D eigenvalue weighted by atomic mass is 10.0. The van der Waals surface area contributed by atoms with Crippen LogP contribution in [0.15, 0.2) is 42.9 Å². The van der Waals surface area contributed by atoms with Crippen molar-refractivity contribution in [1.29, 1.82) is 0 Å². The molecule has 124 valence electrons. The summed E-state index contributed by atoms with van der Waals surface area (Å²) < 4.78 is 1.92. The fourth-order valence-corrected chi connectivity index (χ4v) is 3.83. The summed E-state index contributed by atoms with van der Waals surface area (Å²) in [5, 5.41) is 5.46. The van der Waals surface area contributed by atoms with Crippen LogP contribution in [0.3, 0.4) is 0 Å². The number of amides is 1. The Morgan fingerprint density at radius 1 is 1.38 bits per heavy atom. The number of nitrogens with one attached hydrogen (secondary N) is 1. The first kappa shape index (κ1) is 15.0. The number of hydrogen-bond acceptors (Lipinski definition) is 2. The molecule has 24 heavy (non-hydrogen) atoms. The molecule has 4 rings (SSSR count). The van der Waals surface area contributed by atoms with Crippen LogP contribution in [0.25, 0.3) is 10.9 Å². The molecule has 0 aliphatic carbocycles. The molecule has 0 radical (unpaired) electrons. The maximum Gasteiger partial charge on any atom is 0.227 e. The largest absolute Gasteiger partial charge is 0.361 e. The van der Waals surface area contributed by atoms with Gasteiger partial charge in [0.05, 0.1) is 19.0 Å². The number of hydrogen-bond donors (Lipinski definition) is 1. The molecule has 5 heteroatoms.